The van der Waals surface area contributed by atoms with Gasteiger partial charge in [0.25, 0.3) is 0 Å². The van der Waals surface area contributed by atoms with E-state index in [1.54, 1.807) is 11.3 Å². The molecule has 7 rings (SSSR count). The minimum absolute atomic E-state index is 0.407. The lowest BCUT2D eigenvalue weighted by molar-refractivity contribution is -0.160. The molecule has 2 aliphatic heterocycles. The summed E-state index contributed by atoms with van der Waals surface area (Å²) < 4.78 is 14.5. The van der Waals surface area contributed by atoms with Crippen molar-refractivity contribution in [3.05, 3.63) is 70.4 Å². The van der Waals surface area contributed by atoms with Crippen molar-refractivity contribution < 1.29 is 19.4 Å². The zero-order valence-corrected chi connectivity index (χ0v) is 28.4. The van der Waals surface area contributed by atoms with Crippen LogP contribution >= 0.6 is 22.9 Å². The van der Waals surface area contributed by atoms with E-state index in [1.807, 2.05) is 69.8 Å². The van der Waals surface area contributed by atoms with E-state index < -0.39 is 17.7 Å². The average molecular weight is 659 g/mol. The first kappa shape index (κ1) is 31.3. The van der Waals surface area contributed by atoms with E-state index in [-0.39, 0.29) is 0 Å². The van der Waals surface area contributed by atoms with E-state index in [0.717, 1.165) is 87.8 Å². The van der Waals surface area contributed by atoms with Crippen molar-refractivity contribution in [2.24, 2.45) is 7.05 Å². The van der Waals surface area contributed by atoms with Gasteiger partial charge in [0.05, 0.1) is 46.3 Å². The zero-order valence-electron chi connectivity index (χ0n) is 26.8. The molecule has 0 spiro atoms. The summed E-state index contributed by atoms with van der Waals surface area (Å²) in [4.78, 5) is 20.4. The Balaban J connectivity index is 1.33. The molecule has 8 nitrogen and oxygen atoms in total. The minimum atomic E-state index is -1.15. The van der Waals surface area contributed by atoms with Gasteiger partial charge >= 0.3 is 5.97 Å². The Kier molecular flexibility index (Phi) is 8.18. The number of carbonyl (C=O) groups is 1. The number of likely N-dealkylation sites (tertiary alicyclic amines) is 1. The highest BCUT2D eigenvalue weighted by Crippen LogP contribution is 2.45. The van der Waals surface area contributed by atoms with Crippen LogP contribution in [0.15, 0.2) is 48.5 Å². The molecule has 46 heavy (non-hydrogen) atoms. The summed E-state index contributed by atoms with van der Waals surface area (Å²) in [6.07, 6.45) is 1.02. The SMILES string of the molecule is Cc1cc2nc(-c3ccc4c(c3)c(C3CCN(C5COC5)CC3)nn4C)sc2c(-c2ccc(Cl)cc2)c1[C@H](OC(C)(C)C)C(=O)O. The van der Waals surface area contributed by atoms with Crippen molar-refractivity contribution in [3.63, 3.8) is 0 Å². The summed E-state index contributed by atoms with van der Waals surface area (Å²) in [6, 6.07) is 16.6. The van der Waals surface area contributed by atoms with Crippen molar-refractivity contribution in [1.29, 1.82) is 0 Å². The molecule has 0 aliphatic carbocycles. The number of nitrogens with zero attached hydrogens (tertiary/aromatic N) is 4. The molecule has 0 unspecified atom stereocenters. The van der Waals surface area contributed by atoms with Crippen molar-refractivity contribution in [1.82, 2.24) is 19.7 Å². The first-order valence-electron chi connectivity index (χ1n) is 15.9. The average Bonchev–Trinajstić information content (AvgIpc) is 3.55. The molecule has 1 N–H and O–H groups in total. The highest BCUT2D eigenvalue weighted by Gasteiger charge is 2.34. The van der Waals surface area contributed by atoms with Crippen molar-refractivity contribution in [2.75, 3.05) is 26.3 Å². The monoisotopic (exact) mass is 658 g/mol. The second kappa shape index (κ2) is 12.0. The van der Waals surface area contributed by atoms with E-state index in [9.17, 15) is 9.90 Å². The standard InChI is InChI=1S/C36H39ClN4O4S/c1-20-16-27-33(30(21-6-9-24(37)10-7-21)29(20)32(35(42)43)45-36(2,3)4)46-34(38-27)23-8-11-28-26(17-23)31(39-40(28)5)22-12-14-41(15-13-22)25-18-44-19-25/h6-11,16-17,22,25,32H,12-15,18-19H2,1-5H3,(H,42,43)/t32-/m0/s1. The van der Waals surface area contributed by atoms with Crippen LogP contribution in [0.25, 0.3) is 42.8 Å². The van der Waals surface area contributed by atoms with Gasteiger partial charge in [-0.2, -0.15) is 5.10 Å². The quantitative estimate of drug-likeness (QED) is 0.190. The number of carboxylic acid groups (broad SMARTS) is 1. The second-order valence-electron chi connectivity index (χ2n) is 13.5. The molecule has 240 valence electrons. The third-order valence-corrected chi connectivity index (χ3v) is 10.6. The van der Waals surface area contributed by atoms with Gasteiger partial charge in [0, 0.05) is 40.1 Å². The maximum atomic E-state index is 12.7. The Morgan fingerprint density at radius 3 is 2.41 bits per heavy atom. The summed E-state index contributed by atoms with van der Waals surface area (Å²) in [6.45, 7) is 11.4. The summed E-state index contributed by atoms with van der Waals surface area (Å²) in [5.41, 5.74) is 6.59. The van der Waals surface area contributed by atoms with Gasteiger partial charge in [-0.15, -0.1) is 11.3 Å². The molecule has 0 radical (unpaired) electrons. The van der Waals surface area contributed by atoms with Gasteiger partial charge in [0.15, 0.2) is 6.10 Å². The van der Waals surface area contributed by atoms with Crippen LogP contribution in [0.2, 0.25) is 5.02 Å². The number of hydrogen-bond acceptors (Lipinski definition) is 7. The molecule has 0 amide bonds. The number of hydrogen-bond donors (Lipinski definition) is 1. The lowest BCUT2D eigenvalue weighted by Gasteiger charge is -2.41. The van der Waals surface area contributed by atoms with Gasteiger partial charge in [-0.05, 0) is 101 Å². The van der Waals surface area contributed by atoms with Crippen molar-refractivity contribution >= 4 is 50.0 Å². The van der Waals surface area contributed by atoms with Gasteiger partial charge in [-0.3, -0.25) is 9.58 Å². The molecule has 10 heteroatoms. The Labute approximate surface area is 277 Å². The summed E-state index contributed by atoms with van der Waals surface area (Å²) >= 11 is 7.86. The van der Waals surface area contributed by atoms with Crippen molar-refractivity contribution in [2.45, 2.75) is 64.2 Å². The number of fused-ring (bicyclic) bond motifs is 2. The molecule has 5 aromatic rings. The summed E-state index contributed by atoms with van der Waals surface area (Å²) in [5.74, 6) is -0.622. The first-order valence-corrected chi connectivity index (χ1v) is 17.1. The van der Waals surface area contributed by atoms with E-state index in [2.05, 4.69) is 23.1 Å². The molecule has 2 saturated heterocycles. The number of carboxylic acids is 1. The number of thiazole rings is 1. The van der Waals surface area contributed by atoms with Crippen LogP contribution in [0.4, 0.5) is 0 Å². The summed E-state index contributed by atoms with van der Waals surface area (Å²) in [7, 11) is 2.02. The topological polar surface area (TPSA) is 89.7 Å². The maximum Gasteiger partial charge on any atom is 0.337 e. The Hall–Kier alpha value is -3.34. The fraction of sp³-hybridized carbons (Fsp3) is 0.417. The fourth-order valence-electron chi connectivity index (χ4n) is 6.86. The number of ether oxygens (including phenoxy) is 2. The van der Waals surface area contributed by atoms with E-state index in [1.165, 1.54) is 5.39 Å². The third-order valence-electron chi connectivity index (χ3n) is 9.20. The zero-order chi connectivity index (χ0) is 32.3. The number of aryl methyl sites for hydroxylation is 2. The van der Waals surface area contributed by atoms with E-state index in [0.29, 0.717) is 22.5 Å². The van der Waals surface area contributed by atoms with Crippen LogP contribution in [-0.2, 0) is 21.3 Å². The predicted octanol–water partition coefficient (Wildman–Crippen LogP) is 8.00. The molecule has 0 saturated carbocycles. The van der Waals surface area contributed by atoms with Gasteiger partial charge in [-0.1, -0.05) is 23.7 Å². The third kappa shape index (κ3) is 5.84. The second-order valence-corrected chi connectivity index (χ2v) is 15.0. The molecule has 2 aromatic heterocycles. The largest absolute Gasteiger partial charge is 0.479 e. The Morgan fingerprint density at radius 2 is 1.78 bits per heavy atom. The minimum Gasteiger partial charge on any atom is -0.479 e. The fourth-order valence-corrected chi connectivity index (χ4v) is 8.11. The number of piperidine rings is 1. The van der Waals surface area contributed by atoms with Gasteiger partial charge in [0.1, 0.15) is 5.01 Å². The molecule has 2 fully saturated rings. The molecule has 2 aliphatic rings. The molecule has 3 aromatic carbocycles. The highest BCUT2D eigenvalue weighted by molar-refractivity contribution is 7.22. The molecular weight excluding hydrogens is 620 g/mol. The van der Waals surface area contributed by atoms with Crippen LogP contribution in [-0.4, -0.2) is 68.7 Å². The molecule has 4 heterocycles. The van der Waals surface area contributed by atoms with Gasteiger partial charge < -0.3 is 14.6 Å². The smallest absolute Gasteiger partial charge is 0.337 e. The maximum absolute atomic E-state index is 12.7. The van der Waals surface area contributed by atoms with Crippen molar-refractivity contribution in [3.8, 4) is 21.7 Å². The lowest BCUT2D eigenvalue weighted by atomic mass is 9.90. The van der Waals surface area contributed by atoms with Gasteiger partial charge in [-0.25, -0.2) is 9.78 Å². The molecular formula is C36H39ClN4O4S. The Morgan fingerprint density at radius 1 is 1.09 bits per heavy atom. The number of halogens is 1. The van der Waals surface area contributed by atoms with Crippen LogP contribution < -0.4 is 0 Å². The highest BCUT2D eigenvalue weighted by atomic mass is 35.5. The van der Waals surface area contributed by atoms with E-state index >= 15 is 0 Å². The Bertz CT molecular complexity index is 1930. The van der Waals surface area contributed by atoms with E-state index in [4.69, 9.17) is 31.2 Å². The molecule has 1 atom stereocenters. The molecule has 0 bridgehead atoms. The predicted molar refractivity (Wildman–Crippen MR) is 184 cm³/mol. The van der Waals surface area contributed by atoms with Crippen LogP contribution in [0.5, 0.6) is 0 Å². The van der Waals surface area contributed by atoms with Crippen LogP contribution in [0, 0.1) is 6.92 Å². The van der Waals surface area contributed by atoms with Gasteiger partial charge in [0.2, 0.25) is 0 Å². The lowest BCUT2D eigenvalue weighted by Crippen LogP contribution is -2.51. The van der Waals surface area contributed by atoms with Crippen LogP contribution in [0.3, 0.4) is 0 Å². The van der Waals surface area contributed by atoms with Crippen LogP contribution in [0.1, 0.15) is 62.5 Å². The number of rotatable bonds is 7. The number of aliphatic carboxylic acids is 1. The number of benzene rings is 3. The first-order chi connectivity index (χ1) is 22.0. The summed E-state index contributed by atoms with van der Waals surface area (Å²) in [5, 5.41) is 18.1. The normalized spacial score (nSPS) is 17.5. The number of aromatic nitrogens is 3.